The van der Waals surface area contributed by atoms with Crippen LogP contribution in [-0.2, 0) is 26.2 Å². The topological polar surface area (TPSA) is 96.0 Å². The van der Waals surface area contributed by atoms with E-state index < -0.39 is 10.0 Å². The predicted molar refractivity (Wildman–Crippen MR) is 121 cm³/mol. The second-order valence-electron chi connectivity index (χ2n) is 8.00. The van der Waals surface area contributed by atoms with Gasteiger partial charge in [-0.2, -0.15) is 0 Å². The third kappa shape index (κ3) is 4.63. The second kappa shape index (κ2) is 9.30. The molecule has 170 valence electrons. The van der Waals surface area contributed by atoms with E-state index in [-0.39, 0.29) is 47.5 Å². The second-order valence-corrected chi connectivity index (χ2v) is 9.76. The highest BCUT2D eigenvalue weighted by molar-refractivity contribution is 7.89. The Bertz CT molecular complexity index is 1090. The maximum absolute atomic E-state index is 12.9. The van der Waals surface area contributed by atoms with Gasteiger partial charge >= 0.3 is 0 Å². The van der Waals surface area contributed by atoms with Crippen LogP contribution >= 0.6 is 0 Å². The molecule has 0 radical (unpaired) electrons. The number of anilines is 2. The first-order valence-electron chi connectivity index (χ1n) is 10.8. The van der Waals surface area contributed by atoms with E-state index in [4.69, 9.17) is 4.74 Å². The molecule has 2 aromatic carbocycles. The zero-order valence-corrected chi connectivity index (χ0v) is 18.9. The van der Waals surface area contributed by atoms with E-state index in [0.29, 0.717) is 0 Å². The maximum atomic E-state index is 12.9. The molecule has 0 aromatic heterocycles. The Morgan fingerprint density at radius 2 is 1.59 bits per heavy atom. The van der Waals surface area contributed by atoms with E-state index >= 15 is 0 Å². The Morgan fingerprint density at radius 3 is 2.22 bits per heavy atom. The van der Waals surface area contributed by atoms with Gasteiger partial charge in [-0.15, -0.1) is 0 Å². The lowest BCUT2D eigenvalue weighted by molar-refractivity contribution is -0.121. The molecule has 0 atom stereocenters. The number of carbonyl (C=O) groups excluding carboxylic acids is 2. The summed E-state index contributed by atoms with van der Waals surface area (Å²) in [7, 11) is -2.46. The molecule has 0 saturated carbocycles. The smallest absolute Gasteiger partial charge is 0.240 e. The van der Waals surface area contributed by atoms with E-state index in [2.05, 4.69) is 9.62 Å². The zero-order chi connectivity index (χ0) is 22.7. The fraction of sp³-hybridized carbons (Fsp3) is 0.391. The number of piperidine rings is 1. The summed E-state index contributed by atoms with van der Waals surface area (Å²) in [5.41, 5.74) is 2.14. The lowest BCUT2D eigenvalue weighted by Gasteiger charge is -2.28. The van der Waals surface area contributed by atoms with E-state index in [0.717, 1.165) is 29.2 Å². The summed E-state index contributed by atoms with van der Waals surface area (Å²) in [6.07, 6.45) is 3.86. The van der Waals surface area contributed by atoms with Crippen molar-refractivity contribution in [2.24, 2.45) is 0 Å². The molecule has 0 spiro atoms. The van der Waals surface area contributed by atoms with Crippen molar-refractivity contribution < 1.29 is 22.7 Å². The summed E-state index contributed by atoms with van der Waals surface area (Å²) in [6.45, 7) is 2.23. The summed E-state index contributed by atoms with van der Waals surface area (Å²) < 4.78 is 33.6. The number of hydrogen-bond acceptors (Lipinski definition) is 6. The Kier molecular flexibility index (Phi) is 6.48. The van der Waals surface area contributed by atoms with Crippen molar-refractivity contribution in [3.05, 3.63) is 48.0 Å². The number of sulfonamides is 1. The minimum Gasteiger partial charge on any atom is -0.495 e. The summed E-state index contributed by atoms with van der Waals surface area (Å²) in [6, 6.07) is 12.0. The van der Waals surface area contributed by atoms with Gasteiger partial charge in [0.25, 0.3) is 0 Å². The van der Waals surface area contributed by atoms with Crippen LogP contribution in [0.1, 0.15) is 37.7 Å². The Morgan fingerprint density at radius 1 is 0.938 bits per heavy atom. The molecule has 2 heterocycles. The number of ether oxygens (including phenoxy) is 1. The van der Waals surface area contributed by atoms with Crippen LogP contribution in [0.15, 0.2) is 47.4 Å². The van der Waals surface area contributed by atoms with Crippen LogP contribution in [0.5, 0.6) is 5.75 Å². The number of carbonyl (C=O) groups is 2. The number of methoxy groups -OCH3 is 1. The van der Waals surface area contributed by atoms with Gasteiger partial charge in [0.1, 0.15) is 5.75 Å². The fourth-order valence-corrected chi connectivity index (χ4v) is 5.13. The van der Waals surface area contributed by atoms with Gasteiger partial charge < -0.3 is 9.64 Å². The van der Waals surface area contributed by atoms with Crippen LogP contribution in [-0.4, -0.2) is 40.4 Å². The van der Waals surface area contributed by atoms with E-state index in [1.165, 1.54) is 44.6 Å². The molecule has 0 bridgehead atoms. The summed E-state index contributed by atoms with van der Waals surface area (Å²) in [4.78, 5) is 27.6. The zero-order valence-electron chi connectivity index (χ0n) is 18.0. The number of imide groups is 1. The average Bonchev–Trinajstić information content (AvgIpc) is 3.16. The van der Waals surface area contributed by atoms with E-state index in [1.54, 1.807) is 0 Å². The van der Waals surface area contributed by atoms with Crippen LogP contribution in [0, 0.1) is 0 Å². The monoisotopic (exact) mass is 457 g/mol. The Hall–Kier alpha value is -2.91. The first-order valence-corrected chi connectivity index (χ1v) is 12.2. The molecule has 2 fully saturated rings. The highest BCUT2D eigenvalue weighted by Gasteiger charge is 2.33. The quantitative estimate of drug-likeness (QED) is 0.643. The highest BCUT2D eigenvalue weighted by Crippen LogP contribution is 2.34. The molecule has 2 aliphatic heterocycles. The van der Waals surface area contributed by atoms with Crippen LogP contribution in [0.25, 0.3) is 0 Å². The van der Waals surface area contributed by atoms with Gasteiger partial charge in [-0.3, -0.25) is 9.59 Å². The summed E-state index contributed by atoms with van der Waals surface area (Å²) in [5.74, 6) is -0.477. The Labute approximate surface area is 188 Å². The van der Waals surface area contributed by atoms with E-state index in [9.17, 15) is 18.0 Å². The standard InChI is InChI=1S/C23H27N3O5S/c1-31-21-10-9-19(15-20(21)26-22(27)11-12-23(26)28)32(29,30)24-16-17-5-7-18(8-6-17)25-13-3-2-4-14-25/h5-10,15,24H,2-4,11-14,16H2,1H3. The predicted octanol–water partition coefficient (Wildman–Crippen LogP) is 2.82. The van der Waals surface area contributed by atoms with Gasteiger partial charge in [0.15, 0.2) is 0 Å². The van der Waals surface area contributed by atoms with E-state index in [1.807, 2.05) is 24.3 Å². The molecule has 9 heteroatoms. The minimum absolute atomic E-state index is 0.0364. The minimum atomic E-state index is -3.87. The molecule has 2 amide bonds. The lowest BCUT2D eigenvalue weighted by atomic mass is 10.1. The number of benzene rings is 2. The number of nitrogens with zero attached hydrogens (tertiary/aromatic N) is 2. The molecule has 4 rings (SSSR count). The van der Waals surface area contributed by atoms with Crippen LogP contribution < -0.4 is 19.3 Å². The van der Waals surface area contributed by atoms with Gasteiger partial charge in [-0.05, 0) is 55.2 Å². The number of amides is 2. The van der Waals surface area contributed by atoms with Gasteiger partial charge in [0.05, 0.1) is 17.7 Å². The molecule has 32 heavy (non-hydrogen) atoms. The molecule has 2 saturated heterocycles. The maximum Gasteiger partial charge on any atom is 0.240 e. The molecule has 8 nitrogen and oxygen atoms in total. The van der Waals surface area contributed by atoms with Gasteiger partial charge in [-0.25, -0.2) is 18.0 Å². The van der Waals surface area contributed by atoms with Crippen molar-refractivity contribution in [2.45, 2.75) is 43.5 Å². The summed E-state index contributed by atoms with van der Waals surface area (Å²) >= 11 is 0. The van der Waals surface area contributed by atoms with Crippen molar-refractivity contribution in [1.29, 1.82) is 0 Å². The van der Waals surface area contributed by atoms with Crippen molar-refractivity contribution >= 4 is 33.2 Å². The largest absolute Gasteiger partial charge is 0.495 e. The van der Waals surface area contributed by atoms with Crippen LogP contribution in [0.3, 0.4) is 0 Å². The third-order valence-electron chi connectivity index (χ3n) is 5.88. The van der Waals surface area contributed by atoms with Gasteiger partial charge in [0.2, 0.25) is 21.8 Å². The molecular weight excluding hydrogens is 430 g/mol. The number of hydrogen-bond donors (Lipinski definition) is 1. The molecule has 0 unspecified atom stereocenters. The molecular formula is C23H27N3O5S. The SMILES string of the molecule is COc1ccc(S(=O)(=O)NCc2ccc(N3CCCCC3)cc2)cc1N1C(=O)CCC1=O. The van der Waals surface area contributed by atoms with Crippen molar-refractivity contribution in [3.63, 3.8) is 0 Å². The summed E-state index contributed by atoms with van der Waals surface area (Å²) in [5, 5.41) is 0. The fourth-order valence-electron chi connectivity index (χ4n) is 4.10. The first kappa shape index (κ1) is 22.3. The van der Waals surface area contributed by atoms with Crippen LogP contribution in [0.2, 0.25) is 0 Å². The highest BCUT2D eigenvalue weighted by atomic mass is 32.2. The van der Waals surface area contributed by atoms with Crippen molar-refractivity contribution in [3.8, 4) is 5.75 Å². The van der Waals surface area contributed by atoms with Crippen LogP contribution in [0.4, 0.5) is 11.4 Å². The van der Waals surface area contributed by atoms with Gasteiger partial charge in [0, 0.05) is 38.2 Å². The normalized spacial score (nSPS) is 17.2. The molecule has 0 aliphatic carbocycles. The average molecular weight is 458 g/mol. The van der Waals surface area contributed by atoms with Crippen molar-refractivity contribution in [1.82, 2.24) is 4.72 Å². The number of rotatable bonds is 7. The first-order chi connectivity index (χ1) is 15.4. The third-order valence-corrected chi connectivity index (χ3v) is 7.28. The Balaban J connectivity index is 1.49. The lowest BCUT2D eigenvalue weighted by Crippen LogP contribution is -2.30. The molecule has 1 N–H and O–H groups in total. The molecule has 2 aromatic rings. The number of nitrogens with one attached hydrogen (secondary N) is 1. The van der Waals surface area contributed by atoms with Gasteiger partial charge in [-0.1, -0.05) is 12.1 Å². The molecule has 2 aliphatic rings. The van der Waals surface area contributed by atoms with Crippen molar-refractivity contribution in [2.75, 3.05) is 30.0 Å².